The minimum absolute atomic E-state index is 0.220. The molecule has 2 rings (SSSR count). The van der Waals surface area contributed by atoms with Gasteiger partial charge in [0.1, 0.15) is 6.10 Å². The Bertz CT molecular complexity index is 572. The van der Waals surface area contributed by atoms with Crippen molar-refractivity contribution in [2.24, 2.45) is 5.73 Å². The summed E-state index contributed by atoms with van der Waals surface area (Å²) < 4.78 is 5.15. The first kappa shape index (κ1) is 15.0. The van der Waals surface area contributed by atoms with Crippen LogP contribution in [0.1, 0.15) is 28.8 Å². The number of carboxylic acids is 1. The number of rotatable bonds is 5. The van der Waals surface area contributed by atoms with Gasteiger partial charge in [-0.25, -0.2) is 4.79 Å². The van der Waals surface area contributed by atoms with Gasteiger partial charge >= 0.3 is 5.97 Å². The van der Waals surface area contributed by atoms with Gasteiger partial charge in [-0.05, 0) is 30.5 Å². The minimum Gasteiger partial charge on any atom is -0.479 e. The first-order chi connectivity index (χ1) is 9.97. The zero-order chi connectivity index (χ0) is 15.4. The van der Waals surface area contributed by atoms with Crippen LogP contribution in [0.2, 0.25) is 0 Å². The van der Waals surface area contributed by atoms with Gasteiger partial charge in [0.05, 0.1) is 0 Å². The fraction of sp³-hybridized carbons (Fsp3) is 0.357. The summed E-state index contributed by atoms with van der Waals surface area (Å²) >= 11 is 0. The minimum atomic E-state index is -1.06. The molecule has 4 N–H and O–H groups in total. The van der Waals surface area contributed by atoms with Crippen LogP contribution in [0.5, 0.6) is 0 Å². The molecule has 2 unspecified atom stereocenters. The number of ether oxygens (including phenoxy) is 1. The Morgan fingerprint density at radius 1 is 1.29 bits per heavy atom. The van der Waals surface area contributed by atoms with E-state index in [1.807, 2.05) is 0 Å². The predicted octanol–water partition coefficient (Wildman–Crippen LogP) is 0.0339. The lowest BCUT2D eigenvalue weighted by Crippen LogP contribution is -2.35. The van der Waals surface area contributed by atoms with Crippen LogP contribution in [0.25, 0.3) is 0 Å². The van der Waals surface area contributed by atoms with Crippen LogP contribution in [0.3, 0.4) is 0 Å². The molecule has 1 fully saturated rings. The highest BCUT2D eigenvalue weighted by Crippen LogP contribution is 2.20. The average Bonchev–Trinajstić information content (AvgIpc) is 2.95. The number of hydrogen-bond donors (Lipinski definition) is 3. The van der Waals surface area contributed by atoms with Crippen molar-refractivity contribution in [3.8, 4) is 0 Å². The predicted molar refractivity (Wildman–Crippen MR) is 72.3 cm³/mol. The van der Waals surface area contributed by atoms with Crippen molar-refractivity contribution >= 4 is 17.8 Å². The molecular formula is C14H16N2O5. The monoisotopic (exact) mass is 292 g/mol. The lowest BCUT2D eigenvalue weighted by Gasteiger charge is -2.12. The highest BCUT2D eigenvalue weighted by molar-refractivity contribution is 5.92. The maximum atomic E-state index is 11.9. The van der Waals surface area contributed by atoms with E-state index < -0.39 is 24.1 Å². The average molecular weight is 292 g/mol. The van der Waals surface area contributed by atoms with Crippen LogP contribution in [-0.2, 0) is 20.9 Å². The molecule has 0 aromatic heterocycles. The molecule has 1 aromatic carbocycles. The van der Waals surface area contributed by atoms with E-state index in [9.17, 15) is 14.4 Å². The molecule has 0 saturated carbocycles. The number of amides is 2. The van der Waals surface area contributed by atoms with E-state index in [1.165, 1.54) is 0 Å². The van der Waals surface area contributed by atoms with E-state index >= 15 is 0 Å². The fourth-order valence-electron chi connectivity index (χ4n) is 2.15. The van der Waals surface area contributed by atoms with Crippen LogP contribution in [0.4, 0.5) is 0 Å². The maximum absolute atomic E-state index is 11.9. The van der Waals surface area contributed by atoms with E-state index in [0.717, 1.165) is 5.56 Å². The summed E-state index contributed by atoms with van der Waals surface area (Å²) in [6.07, 6.45) is -0.960. The summed E-state index contributed by atoms with van der Waals surface area (Å²) in [7, 11) is 0. The molecule has 7 nitrogen and oxygen atoms in total. The Balaban J connectivity index is 1.88. The van der Waals surface area contributed by atoms with Crippen LogP contribution in [-0.4, -0.2) is 35.1 Å². The zero-order valence-corrected chi connectivity index (χ0v) is 11.2. The Labute approximate surface area is 121 Å². The number of aliphatic carboxylic acids is 1. The van der Waals surface area contributed by atoms with Gasteiger partial charge in [0.25, 0.3) is 0 Å². The van der Waals surface area contributed by atoms with Gasteiger partial charge in [0.15, 0.2) is 6.10 Å². The topological polar surface area (TPSA) is 119 Å². The maximum Gasteiger partial charge on any atom is 0.332 e. The largest absolute Gasteiger partial charge is 0.479 e. The highest BCUT2D eigenvalue weighted by atomic mass is 16.5. The number of carbonyl (C=O) groups is 3. The van der Waals surface area contributed by atoms with Crippen molar-refractivity contribution in [3.05, 3.63) is 35.4 Å². The van der Waals surface area contributed by atoms with Gasteiger partial charge in [0, 0.05) is 12.1 Å². The number of carboxylic acid groups (broad SMARTS) is 1. The Hall–Kier alpha value is -2.41. The summed E-state index contributed by atoms with van der Waals surface area (Å²) in [6.45, 7) is 0.220. The van der Waals surface area contributed by atoms with Crippen molar-refractivity contribution in [3.63, 3.8) is 0 Å². The van der Waals surface area contributed by atoms with E-state index in [2.05, 4.69) is 5.32 Å². The summed E-state index contributed by atoms with van der Waals surface area (Å²) in [6, 6.07) is 6.61. The molecule has 0 bridgehead atoms. The molecule has 112 valence electrons. The lowest BCUT2D eigenvalue weighted by molar-refractivity contribution is -0.151. The molecule has 1 saturated heterocycles. The Kier molecular flexibility index (Phi) is 4.54. The number of hydrogen-bond acceptors (Lipinski definition) is 4. The third kappa shape index (κ3) is 3.79. The highest BCUT2D eigenvalue weighted by Gasteiger charge is 2.34. The van der Waals surface area contributed by atoms with Crippen LogP contribution in [0, 0.1) is 0 Å². The van der Waals surface area contributed by atoms with Gasteiger partial charge < -0.3 is 20.9 Å². The van der Waals surface area contributed by atoms with E-state index in [4.69, 9.17) is 15.6 Å². The number of carbonyl (C=O) groups excluding carboxylic acids is 2. The van der Waals surface area contributed by atoms with Crippen molar-refractivity contribution < 1.29 is 24.2 Å². The molecule has 1 aromatic rings. The Morgan fingerprint density at radius 3 is 2.62 bits per heavy atom. The van der Waals surface area contributed by atoms with Gasteiger partial charge in [0.2, 0.25) is 11.8 Å². The first-order valence-corrected chi connectivity index (χ1v) is 6.52. The molecule has 1 aliphatic rings. The summed E-state index contributed by atoms with van der Waals surface area (Å²) in [4.78, 5) is 33.7. The number of nitrogens with two attached hydrogens (primary N) is 1. The molecular weight excluding hydrogens is 276 g/mol. The third-order valence-electron chi connectivity index (χ3n) is 3.27. The molecule has 0 aliphatic carbocycles. The number of nitrogens with one attached hydrogen (secondary N) is 1. The SMILES string of the molecule is NC(=O)c1cccc(CNC(=O)C2CCC(C(=O)O)O2)c1. The second-order valence-electron chi connectivity index (χ2n) is 4.81. The van der Waals surface area contributed by atoms with E-state index in [-0.39, 0.29) is 12.5 Å². The van der Waals surface area contributed by atoms with Crippen molar-refractivity contribution in [1.82, 2.24) is 5.32 Å². The van der Waals surface area contributed by atoms with Crippen molar-refractivity contribution in [1.29, 1.82) is 0 Å². The summed E-state index contributed by atoms with van der Waals surface area (Å²) in [5, 5.41) is 11.5. The van der Waals surface area contributed by atoms with Gasteiger partial charge in [-0.2, -0.15) is 0 Å². The molecule has 1 aliphatic heterocycles. The number of benzene rings is 1. The summed E-state index contributed by atoms with van der Waals surface area (Å²) in [5.41, 5.74) is 6.27. The van der Waals surface area contributed by atoms with Crippen molar-refractivity contribution in [2.75, 3.05) is 0 Å². The smallest absolute Gasteiger partial charge is 0.332 e. The molecule has 7 heteroatoms. The van der Waals surface area contributed by atoms with Crippen LogP contribution in [0.15, 0.2) is 24.3 Å². The second-order valence-corrected chi connectivity index (χ2v) is 4.81. The molecule has 2 atom stereocenters. The number of primary amides is 1. The Morgan fingerprint density at radius 2 is 2.00 bits per heavy atom. The van der Waals surface area contributed by atoms with Gasteiger partial charge in [-0.3, -0.25) is 9.59 Å². The van der Waals surface area contributed by atoms with Crippen molar-refractivity contribution in [2.45, 2.75) is 31.6 Å². The molecule has 0 spiro atoms. The second kappa shape index (κ2) is 6.36. The standard InChI is InChI=1S/C14H16N2O5/c15-12(17)9-3-1-2-8(6-9)7-16-13(18)10-4-5-11(21-10)14(19)20/h1-3,6,10-11H,4-5,7H2,(H2,15,17)(H,16,18)(H,19,20). The quantitative estimate of drug-likeness (QED) is 0.707. The zero-order valence-electron chi connectivity index (χ0n) is 11.2. The van der Waals surface area contributed by atoms with E-state index in [1.54, 1.807) is 24.3 Å². The first-order valence-electron chi connectivity index (χ1n) is 6.52. The fourth-order valence-corrected chi connectivity index (χ4v) is 2.15. The normalized spacial score (nSPS) is 21.0. The van der Waals surface area contributed by atoms with Gasteiger partial charge in [-0.1, -0.05) is 12.1 Å². The van der Waals surface area contributed by atoms with Crippen LogP contribution < -0.4 is 11.1 Å². The molecule has 21 heavy (non-hydrogen) atoms. The van der Waals surface area contributed by atoms with Gasteiger partial charge in [-0.15, -0.1) is 0 Å². The third-order valence-corrected chi connectivity index (χ3v) is 3.27. The molecule has 1 heterocycles. The van der Waals surface area contributed by atoms with Crippen LogP contribution >= 0.6 is 0 Å². The molecule has 2 amide bonds. The lowest BCUT2D eigenvalue weighted by atomic mass is 10.1. The summed E-state index contributed by atoms with van der Waals surface area (Å²) in [5.74, 6) is -1.95. The van der Waals surface area contributed by atoms with E-state index in [0.29, 0.717) is 18.4 Å². The molecule has 0 radical (unpaired) electrons.